The fraction of sp³-hybridized carbons (Fsp3) is 0.0741. The first-order valence-electron chi connectivity index (χ1n) is 20.4. The second-order valence-electron chi connectivity index (χ2n) is 13.8. The molecule has 5 aromatic heterocycles. The molecule has 380 valence electrons. The maximum Gasteiger partial charge on any atom is 0.155 e. The zero-order valence-electron chi connectivity index (χ0n) is 38.6. The van der Waals surface area contributed by atoms with E-state index in [1.807, 2.05) is 95.8 Å². The Hall–Kier alpha value is -6.31. The van der Waals surface area contributed by atoms with Crippen molar-refractivity contribution in [1.29, 1.82) is 0 Å². The van der Waals surface area contributed by atoms with Crippen molar-refractivity contribution < 1.29 is 113 Å². The minimum absolute atomic E-state index is 0. The fourth-order valence-corrected chi connectivity index (χ4v) is 5.36. The zero-order chi connectivity index (χ0) is 49.1. The summed E-state index contributed by atoms with van der Waals surface area (Å²) in [6, 6.07) is 51.4. The van der Waals surface area contributed by atoms with Gasteiger partial charge in [-0.15, -0.1) is 83.9 Å². The third-order valence-electron chi connectivity index (χ3n) is 8.10. The molecule has 0 amide bonds. The van der Waals surface area contributed by atoms with Gasteiger partial charge in [0.25, 0.3) is 0 Å². The average Bonchev–Trinajstić information content (AvgIpc) is 3.78. The van der Waals surface area contributed by atoms with Crippen molar-refractivity contribution in [2.45, 2.75) is 27.7 Å². The minimum Gasteiger partial charge on any atom is -0.512 e. The van der Waals surface area contributed by atoms with E-state index in [4.69, 9.17) is 10.2 Å². The number of nitrogens with zero attached hydrogens (tertiary/aromatic N) is 7. The van der Waals surface area contributed by atoms with Crippen LogP contribution in [0.2, 0.25) is 0 Å². The van der Waals surface area contributed by atoms with Crippen molar-refractivity contribution in [3.8, 4) is 39.5 Å². The molecule has 0 saturated carbocycles. The van der Waals surface area contributed by atoms with Crippen LogP contribution in [0.1, 0.15) is 27.7 Å². The van der Waals surface area contributed by atoms with E-state index in [1.165, 1.54) is 64.4 Å². The van der Waals surface area contributed by atoms with E-state index >= 15 is 0 Å². The van der Waals surface area contributed by atoms with E-state index < -0.39 is 11.9 Å². The van der Waals surface area contributed by atoms with Crippen LogP contribution in [-0.4, -0.2) is 56.5 Å². The van der Waals surface area contributed by atoms with Crippen LogP contribution in [0.25, 0.3) is 50.4 Å². The molecule has 0 fully saturated rings. The second-order valence-corrected chi connectivity index (χ2v) is 13.8. The summed E-state index contributed by atoms with van der Waals surface area (Å²) in [5.74, 6) is -2.19. The van der Waals surface area contributed by atoms with E-state index in [0.717, 1.165) is 39.5 Å². The van der Waals surface area contributed by atoms with Gasteiger partial charge in [0.05, 0.1) is 17.0 Å². The molecule has 72 heavy (non-hydrogen) atoms. The number of benzene rings is 4. The molecule has 5 heterocycles. The summed E-state index contributed by atoms with van der Waals surface area (Å²) in [5, 5.41) is 22.3. The number of rotatable bonds is 6. The molecule has 0 unspecified atom stereocenters. The Morgan fingerprint density at radius 3 is 1.61 bits per heavy atom. The van der Waals surface area contributed by atoms with Gasteiger partial charge >= 0.3 is 0 Å². The maximum absolute atomic E-state index is 13.1. The van der Waals surface area contributed by atoms with Crippen LogP contribution in [0, 0.1) is 42.0 Å². The first-order chi connectivity index (χ1) is 32.8. The van der Waals surface area contributed by atoms with Crippen molar-refractivity contribution in [3.05, 3.63) is 236 Å². The maximum atomic E-state index is 13.1. The van der Waals surface area contributed by atoms with Crippen molar-refractivity contribution in [1.82, 2.24) is 34.7 Å². The van der Waals surface area contributed by atoms with Gasteiger partial charge in [0.2, 0.25) is 0 Å². The number of ketones is 2. The minimum atomic E-state index is -0.899. The molecule has 4 radical (unpaired) electrons. The summed E-state index contributed by atoms with van der Waals surface area (Å²) in [6.07, 6.45) is 12.4. The van der Waals surface area contributed by atoms with Crippen LogP contribution in [0.3, 0.4) is 0 Å². The number of pyridine rings is 3. The van der Waals surface area contributed by atoms with Gasteiger partial charge < -0.3 is 25.2 Å². The number of aromatic nitrogens is 7. The van der Waals surface area contributed by atoms with Crippen LogP contribution in [0.4, 0.5) is 13.2 Å². The van der Waals surface area contributed by atoms with E-state index in [-0.39, 0.29) is 115 Å². The van der Waals surface area contributed by atoms with E-state index in [2.05, 4.69) is 60.4 Å². The number of fused-ring (bicyclic) bond motifs is 1. The van der Waals surface area contributed by atoms with Gasteiger partial charge in [-0.05, 0) is 69.0 Å². The number of aliphatic hydroxyl groups is 2. The summed E-state index contributed by atoms with van der Waals surface area (Å²) in [6.45, 7) is 5.70. The smallest absolute Gasteiger partial charge is 0.155 e. The predicted octanol–water partition coefficient (Wildman–Crippen LogP) is 11.7. The van der Waals surface area contributed by atoms with E-state index in [1.54, 1.807) is 42.9 Å². The molecule has 0 aliphatic rings. The zero-order valence-corrected chi connectivity index (χ0v) is 48.2. The summed E-state index contributed by atoms with van der Waals surface area (Å²) in [4.78, 5) is 39.2. The Balaban J connectivity index is 0.000000849. The molecule has 9 rings (SSSR count). The predicted molar refractivity (Wildman–Crippen MR) is 255 cm³/mol. The summed E-state index contributed by atoms with van der Waals surface area (Å²) >= 11 is 0. The van der Waals surface area contributed by atoms with Crippen molar-refractivity contribution in [2.24, 2.45) is 0 Å². The van der Waals surface area contributed by atoms with Gasteiger partial charge in [-0.1, -0.05) is 42.0 Å². The molecule has 9 aromatic rings. The monoisotopic (exact) mass is 1680 g/mol. The van der Waals surface area contributed by atoms with Gasteiger partial charge in [0, 0.05) is 141 Å². The third-order valence-corrected chi connectivity index (χ3v) is 8.10. The van der Waals surface area contributed by atoms with Gasteiger partial charge in [0.1, 0.15) is 17.7 Å². The quantitative estimate of drug-likeness (QED) is 0.0711. The topological polar surface area (TPSA) is 157 Å². The summed E-state index contributed by atoms with van der Waals surface area (Å²) in [7, 11) is 0. The van der Waals surface area contributed by atoms with Crippen LogP contribution in [0.5, 0.6) is 0 Å². The Bertz CT molecular complexity index is 2890. The Labute approximate surface area is 470 Å². The Morgan fingerprint density at radius 2 is 1.14 bits per heavy atom. The van der Waals surface area contributed by atoms with Gasteiger partial charge in [0.15, 0.2) is 11.6 Å². The second kappa shape index (κ2) is 36.6. The number of hydrogen-bond acceptors (Lipinski definition) is 10. The molecule has 0 aliphatic heterocycles. The van der Waals surface area contributed by atoms with Gasteiger partial charge in [-0.3, -0.25) is 24.2 Å². The van der Waals surface area contributed by atoms with Crippen LogP contribution in [-0.2, 0) is 90.0 Å². The molecule has 11 nitrogen and oxygen atoms in total. The third kappa shape index (κ3) is 25.2. The van der Waals surface area contributed by atoms with Crippen molar-refractivity contribution in [3.63, 3.8) is 0 Å². The molecule has 18 heteroatoms. The van der Waals surface area contributed by atoms with Crippen LogP contribution >= 0.6 is 0 Å². The van der Waals surface area contributed by atoms with Gasteiger partial charge in [-0.25, -0.2) is 13.2 Å². The van der Waals surface area contributed by atoms with Crippen molar-refractivity contribution >= 4 is 22.5 Å². The number of carbonyl (C=O) groups excluding carboxylic acids is 2. The molecule has 0 spiro atoms. The molecular formula is C54H44F3Ir4N7O4-4. The first kappa shape index (κ1) is 65.7. The van der Waals surface area contributed by atoms with E-state index in [0.29, 0.717) is 11.4 Å². The molecule has 4 aromatic carbocycles. The standard InChI is InChI=1S/C13H9N2.C11H7FN.C10H5F2N2.C10H7N2.2C5H8O2.4Ir/c1-2-7-12(8-3-1)15-10-11-6-4-5-9-13(11)14-15;12-10-6-7-13-11(8-10)9-4-2-1-3-5-9;11-9-5-4-7(10(12)14-9)8-3-1-2-6-13-8;1-2-4-9(5-3-1)10-8-11-6-7-12-10;2*1-4(6)3-5(2)7;;;;/h1-7,9-10H;1-4,6-8H;1-3,5-6H;1-4,6-8H;2*3,6H,1-2H3;;;;/q4*-1;;;;;;. The number of halogens is 3. The first-order valence-corrected chi connectivity index (χ1v) is 20.4. The van der Waals surface area contributed by atoms with Gasteiger partial charge in [-0.2, -0.15) is 29.4 Å². The SMILES string of the molecule is CC(=O)C=C(C)O.CC(=O)C=C(C)O.Fc1c[c-]c(-c2ccccn2)c(F)n1.Fc1ccnc(-c2[c-]cccc2)c1.[Ir].[Ir].[Ir].[Ir].[c-]1ccccc1-c1cnccn1.[c-]1ccccc1-n1cc2ccccc2n1. The number of aliphatic hydroxyl groups excluding tert-OH is 2. The van der Waals surface area contributed by atoms with Crippen LogP contribution < -0.4 is 0 Å². The number of para-hydroxylation sites is 1. The molecular weight excluding hydrogens is 1640 g/mol. The number of hydrogen-bond donors (Lipinski definition) is 2. The Morgan fingerprint density at radius 1 is 0.583 bits per heavy atom. The molecule has 0 atom stereocenters. The van der Waals surface area contributed by atoms with E-state index in [9.17, 15) is 22.8 Å². The normalized spacial score (nSPS) is 9.82. The average molecular weight is 1680 g/mol. The summed E-state index contributed by atoms with van der Waals surface area (Å²) in [5.41, 5.74) is 5.69. The molecule has 2 N–H and O–H groups in total. The Kier molecular flexibility index (Phi) is 33.4. The molecule has 0 saturated heterocycles. The molecule has 0 bridgehead atoms. The van der Waals surface area contributed by atoms with Crippen molar-refractivity contribution in [2.75, 3.05) is 0 Å². The molecule has 0 aliphatic carbocycles. The largest absolute Gasteiger partial charge is 0.512 e. The summed E-state index contributed by atoms with van der Waals surface area (Å²) < 4.78 is 40.2. The number of allylic oxidation sites excluding steroid dienone is 4. The fourth-order valence-electron chi connectivity index (χ4n) is 5.36. The van der Waals surface area contributed by atoms with Crippen LogP contribution in [0.15, 0.2) is 194 Å². The number of carbonyl (C=O) groups is 2.